The Bertz CT molecular complexity index is 705. The van der Waals surface area contributed by atoms with E-state index in [0.29, 0.717) is 13.0 Å². The number of carbonyl (C=O) groups excluding carboxylic acids is 3. The summed E-state index contributed by atoms with van der Waals surface area (Å²) >= 11 is 0. The second kappa shape index (κ2) is 8.41. The zero-order valence-electron chi connectivity index (χ0n) is 15.1. The van der Waals surface area contributed by atoms with Crippen LogP contribution in [0.2, 0.25) is 0 Å². The van der Waals surface area contributed by atoms with E-state index >= 15 is 0 Å². The molecule has 0 aliphatic carbocycles. The normalized spacial score (nSPS) is 12.2. The van der Waals surface area contributed by atoms with Gasteiger partial charge in [-0.3, -0.25) is 14.9 Å². The van der Waals surface area contributed by atoms with Crippen LogP contribution in [0.5, 0.6) is 0 Å². The Labute approximate surface area is 145 Å². The SMILES string of the molecule is CCCn1nc(C(=O)OC(C)C(=O)NC(=O)NC(C)(C)C)ccc1=O. The van der Waals surface area contributed by atoms with Crippen molar-refractivity contribution in [3.05, 3.63) is 28.2 Å². The quantitative estimate of drug-likeness (QED) is 0.757. The predicted molar refractivity (Wildman–Crippen MR) is 90.1 cm³/mol. The first-order chi connectivity index (χ1) is 11.5. The molecule has 138 valence electrons. The first kappa shape index (κ1) is 20.3. The summed E-state index contributed by atoms with van der Waals surface area (Å²) in [5.41, 5.74) is -0.934. The highest BCUT2D eigenvalue weighted by Crippen LogP contribution is 2.01. The van der Waals surface area contributed by atoms with Gasteiger partial charge in [-0.2, -0.15) is 5.10 Å². The predicted octanol–water partition coefficient (Wildman–Crippen LogP) is 0.823. The van der Waals surface area contributed by atoms with Crippen LogP contribution in [0.1, 0.15) is 51.5 Å². The van der Waals surface area contributed by atoms with Gasteiger partial charge in [0.15, 0.2) is 11.8 Å². The minimum absolute atomic E-state index is 0.0909. The van der Waals surface area contributed by atoms with Gasteiger partial charge in [-0.15, -0.1) is 0 Å². The minimum atomic E-state index is -1.20. The summed E-state index contributed by atoms with van der Waals surface area (Å²) in [6.07, 6.45) is -0.529. The molecule has 1 aromatic heterocycles. The first-order valence-electron chi connectivity index (χ1n) is 7.95. The summed E-state index contributed by atoms with van der Waals surface area (Å²) in [6, 6.07) is 1.75. The van der Waals surface area contributed by atoms with Crippen molar-refractivity contribution in [3.8, 4) is 0 Å². The van der Waals surface area contributed by atoms with Crippen LogP contribution in [0.4, 0.5) is 4.79 Å². The Balaban J connectivity index is 2.70. The third-order valence-corrected chi connectivity index (χ3v) is 2.89. The van der Waals surface area contributed by atoms with E-state index in [9.17, 15) is 19.2 Å². The number of nitrogens with one attached hydrogen (secondary N) is 2. The highest BCUT2D eigenvalue weighted by Gasteiger charge is 2.23. The van der Waals surface area contributed by atoms with E-state index < -0.39 is 29.6 Å². The Hall–Kier alpha value is -2.71. The lowest BCUT2D eigenvalue weighted by atomic mass is 10.1. The standard InChI is InChI=1S/C16H24N4O5/c1-6-9-20-12(21)8-7-11(19-20)14(23)25-10(2)13(22)17-15(24)18-16(3,4)5/h7-8,10H,6,9H2,1-5H3,(H2,17,18,22,24). The fourth-order valence-electron chi connectivity index (χ4n) is 1.79. The van der Waals surface area contributed by atoms with E-state index in [-0.39, 0.29) is 11.3 Å². The van der Waals surface area contributed by atoms with Crippen molar-refractivity contribution >= 4 is 17.9 Å². The number of rotatable bonds is 5. The van der Waals surface area contributed by atoms with Crippen LogP contribution >= 0.6 is 0 Å². The lowest BCUT2D eigenvalue weighted by Crippen LogP contribution is -2.50. The number of aryl methyl sites for hydroxylation is 1. The summed E-state index contributed by atoms with van der Waals surface area (Å²) < 4.78 is 6.14. The van der Waals surface area contributed by atoms with Gasteiger partial charge in [-0.05, 0) is 40.2 Å². The Morgan fingerprint density at radius 2 is 1.92 bits per heavy atom. The highest BCUT2D eigenvalue weighted by molar-refractivity contribution is 5.98. The fraction of sp³-hybridized carbons (Fsp3) is 0.562. The van der Waals surface area contributed by atoms with Gasteiger partial charge in [-0.25, -0.2) is 14.3 Å². The summed E-state index contributed by atoms with van der Waals surface area (Å²) in [4.78, 5) is 47.2. The van der Waals surface area contributed by atoms with Crippen molar-refractivity contribution in [3.63, 3.8) is 0 Å². The molecule has 1 rings (SSSR count). The monoisotopic (exact) mass is 352 g/mol. The Kier molecular flexibility index (Phi) is 6.84. The zero-order valence-corrected chi connectivity index (χ0v) is 15.1. The van der Waals surface area contributed by atoms with E-state index in [1.165, 1.54) is 19.1 Å². The molecule has 9 heteroatoms. The fourth-order valence-corrected chi connectivity index (χ4v) is 1.79. The zero-order chi connectivity index (χ0) is 19.2. The maximum Gasteiger partial charge on any atom is 0.359 e. The van der Waals surface area contributed by atoms with Crippen LogP contribution in [-0.2, 0) is 16.1 Å². The molecule has 0 saturated heterocycles. The van der Waals surface area contributed by atoms with Crippen LogP contribution < -0.4 is 16.2 Å². The summed E-state index contributed by atoms with van der Waals surface area (Å²) in [6.45, 7) is 8.85. The van der Waals surface area contributed by atoms with Gasteiger partial charge in [0.1, 0.15) is 0 Å². The molecule has 0 spiro atoms. The van der Waals surface area contributed by atoms with Crippen molar-refractivity contribution < 1.29 is 19.1 Å². The number of ether oxygens (including phenoxy) is 1. The highest BCUT2D eigenvalue weighted by atomic mass is 16.5. The lowest BCUT2D eigenvalue weighted by molar-refractivity contribution is -0.127. The molecule has 1 unspecified atom stereocenters. The average molecular weight is 352 g/mol. The second-order valence-corrected chi connectivity index (χ2v) is 6.52. The largest absolute Gasteiger partial charge is 0.448 e. The molecule has 3 amide bonds. The second-order valence-electron chi connectivity index (χ2n) is 6.52. The topological polar surface area (TPSA) is 119 Å². The maximum atomic E-state index is 12.1. The van der Waals surface area contributed by atoms with Gasteiger partial charge >= 0.3 is 12.0 Å². The molecule has 9 nitrogen and oxygen atoms in total. The van der Waals surface area contributed by atoms with E-state index in [1.54, 1.807) is 20.8 Å². The van der Waals surface area contributed by atoms with E-state index in [0.717, 1.165) is 4.68 Å². The third-order valence-electron chi connectivity index (χ3n) is 2.89. The molecule has 0 radical (unpaired) electrons. The molecular weight excluding hydrogens is 328 g/mol. The molecule has 0 aliphatic rings. The van der Waals surface area contributed by atoms with Gasteiger partial charge in [0.2, 0.25) is 0 Å². The van der Waals surface area contributed by atoms with Crippen molar-refractivity contribution in [2.75, 3.05) is 0 Å². The maximum absolute atomic E-state index is 12.1. The number of amides is 3. The molecule has 0 bridgehead atoms. The van der Waals surface area contributed by atoms with Crippen LogP contribution in [0.25, 0.3) is 0 Å². The molecular formula is C16H24N4O5. The van der Waals surface area contributed by atoms with Crippen molar-refractivity contribution in [2.45, 2.75) is 59.2 Å². The van der Waals surface area contributed by atoms with Gasteiger partial charge < -0.3 is 10.1 Å². The number of urea groups is 1. The van der Waals surface area contributed by atoms with Crippen molar-refractivity contribution in [1.82, 2.24) is 20.4 Å². The van der Waals surface area contributed by atoms with Crippen LogP contribution in [0, 0.1) is 0 Å². The van der Waals surface area contributed by atoms with Gasteiger partial charge in [-0.1, -0.05) is 6.92 Å². The number of esters is 1. The summed E-state index contributed by atoms with van der Waals surface area (Å²) in [5.74, 6) is -1.62. The number of carbonyl (C=O) groups is 3. The van der Waals surface area contributed by atoms with E-state index in [1.807, 2.05) is 6.92 Å². The number of hydrogen-bond acceptors (Lipinski definition) is 6. The summed E-state index contributed by atoms with van der Waals surface area (Å²) in [7, 11) is 0. The average Bonchev–Trinajstić information content (AvgIpc) is 2.47. The molecule has 1 aromatic rings. The lowest BCUT2D eigenvalue weighted by Gasteiger charge is -2.21. The van der Waals surface area contributed by atoms with Crippen molar-refractivity contribution in [2.24, 2.45) is 0 Å². The van der Waals surface area contributed by atoms with E-state index in [2.05, 4.69) is 15.7 Å². The Morgan fingerprint density at radius 3 is 2.48 bits per heavy atom. The number of nitrogens with zero attached hydrogens (tertiary/aromatic N) is 2. The molecule has 0 saturated carbocycles. The first-order valence-corrected chi connectivity index (χ1v) is 7.95. The van der Waals surface area contributed by atoms with Gasteiger partial charge in [0, 0.05) is 18.2 Å². The van der Waals surface area contributed by atoms with Crippen LogP contribution in [0.3, 0.4) is 0 Å². The number of hydrogen-bond donors (Lipinski definition) is 2. The number of aromatic nitrogens is 2. The third kappa shape index (κ3) is 6.74. The summed E-state index contributed by atoms with van der Waals surface area (Å²) in [5, 5.41) is 8.55. The Morgan fingerprint density at radius 1 is 1.28 bits per heavy atom. The molecule has 25 heavy (non-hydrogen) atoms. The van der Waals surface area contributed by atoms with Crippen LogP contribution in [0.15, 0.2) is 16.9 Å². The molecule has 0 aliphatic heterocycles. The molecule has 0 aromatic carbocycles. The minimum Gasteiger partial charge on any atom is -0.448 e. The number of imide groups is 1. The molecule has 1 atom stereocenters. The van der Waals surface area contributed by atoms with Gasteiger partial charge in [0.25, 0.3) is 11.5 Å². The van der Waals surface area contributed by atoms with E-state index in [4.69, 9.17) is 4.74 Å². The van der Waals surface area contributed by atoms with Gasteiger partial charge in [0.05, 0.1) is 0 Å². The molecule has 2 N–H and O–H groups in total. The molecule has 0 fully saturated rings. The smallest absolute Gasteiger partial charge is 0.359 e. The van der Waals surface area contributed by atoms with Crippen LogP contribution in [-0.4, -0.2) is 39.3 Å². The van der Waals surface area contributed by atoms with Crippen molar-refractivity contribution in [1.29, 1.82) is 0 Å². The molecule has 1 heterocycles.